The fraction of sp³-hybridized carbons (Fsp3) is 0.412. The Balaban J connectivity index is 1.97. The SMILES string of the molecule is Cc1nnnn1/C(=C\c1ccccc1)C(=O)N1CCC[C@@H](C)C1. The summed E-state index contributed by atoms with van der Waals surface area (Å²) in [4.78, 5) is 14.9. The Kier molecular flexibility index (Phi) is 4.50. The van der Waals surface area contributed by atoms with Crippen LogP contribution in [0.5, 0.6) is 0 Å². The third-order valence-electron chi connectivity index (χ3n) is 4.12. The molecule has 1 aliphatic heterocycles. The van der Waals surface area contributed by atoms with E-state index in [1.165, 1.54) is 11.1 Å². The van der Waals surface area contributed by atoms with Gasteiger partial charge in [0.25, 0.3) is 5.91 Å². The molecule has 0 bridgehead atoms. The Morgan fingerprint density at radius 3 is 2.74 bits per heavy atom. The second-order valence-electron chi connectivity index (χ2n) is 6.08. The van der Waals surface area contributed by atoms with Crippen molar-refractivity contribution < 1.29 is 4.79 Å². The van der Waals surface area contributed by atoms with Gasteiger partial charge in [-0.05, 0) is 47.7 Å². The van der Waals surface area contributed by atoms with Gasteiger partial charge in [-0.1, -0.05) is 37.3 Å². The average molecular weight is 311 g/mol. The molecule has 6 nitrogen and oxygen atoms in total. The molecule has 2 aromatic rings. The van der Waals surface area contributed by atoms with Crippen LogP contribution in [0, 0.1) is 12.8 Å². The van der Waals surface area contributed by atoms with Crippen molar-refractivity contribution in [2.45, 2.75) is 26.7 Å². The molecule has 23 heavy (non-hydrogen) atoms. The molecule has 1 aromatic heterocycles. The van der Waals surface area contributed by atoms with E-state index in [1.54, 1.807) is 6.92 Å². The van der Waals surface area contributed by atoms with Gasteiger partial charge in [-0.25, -0.2) is 0 Å². The first-order valence-electron chi connectivity index (χ1n) is 7.96. The predicted molar refractivity (Wildman–Crippen MR) is 88.1 cm³/mol. The van der Waals surface area contributed by atoms with Gasteiger partial charge in [0, 0.05) is 13.1 Å². The lowest BCUT2D eigenvalue weighted by Gasteiger charge is -2.31. The standard InChI is InChI=1S/C17H21N5O/c1-13-7-6-10-21(12-13)17(23)16(22-14(2)18-19-20-22)11-15-8-4-3-5-9-15/h3-5,8-9,11,13H,6-7,10,12H2,1-2H3/b16-11-/t13-/m1/s1. The lowest BCUT2D eigenvalue weighted by Crippen LogP contribution is -2.40. The van der Waals surface area contributed by atoms with Crippen molar-refractivity contribution in [1.82, 2.24) is 25.1 Å². The van der Waals surface area contributed by atoms with Crippen LogP contribution in [0.1, 0.15) is 31.2 Å². The van der Waals surface area contributed by atoms with Gasteiger partial charge in [-0.2, -0.15) is 4.68 Å². The summed E-state index contributed by atoms with van der Waals surface area (Å²) in [6.45, 7) is 5.55. The maximum absolute atomic E-state index is 13.0. The minimum atomic E-state index is -0.0178. The topological polar surface area (TPSA) is 63.9 Å². The number of rotatable bonds is 3. The molecule has 1 aliphatic rings. The monoisotopic (exact) mass is 311 g/mol. The molecule has 120 valence electrons. The summed E-state index contributed by atoms with van der Waals surface area (Å²) in [6.07, 6.45) is 4.07. The van der Waals surface area contributed by atoms with Crippen LogP contribution in [0.4, 0.5) is 0 Å². The number of benzene rings is 1. The van der Waals surface area contributed by atoms with E-state index in [0.717, 1.165) is 25.1 Å². The molecule has 1 fully saturated rings. The Morgan fingerprint density at radius 2 is 2.09 bits per heavy atom. The molecule has 1 amide bonds. The van der Waals surface area contributed by atoms with Crippen molar-refractivity contribution in [2.24, 2.45) is 5.92 Å². The summed E-state index contributed by atoms with van der Waals surface area (Å²) >= 11 is 0. The van der Waals surface area contributed by atoms with Gasteiger partial charge in [0.15, 0.2) is 5.82 Å². The van der Waals surface area contributed by atoms with Crippen LogP contribution < -0.4 is 0 Å². The largest absolute Gasteiger partial charge is 0.337 e. The van der Waals surface area contributed by atoms with E-state index in [2.05, 4.69) is 22.4 Å². The summed E-state index contributed by atoms with van der Waals surface area (Å²) < 4.78 is 1.52. The molecular formula is C17H21N5O. The first kappa shape index (κ1) is 15.4. The van der Waals surface area contributed by atoms with Crippen LogP contribution in [0.15, 0.2) is 30.3 Å². The van der Waals surface area contributed by atoms with Crippen molar-refractivity contribution in [2.75, 3.05) is 13.1 Å². The van der Waals surface area contributed by atoms with Gasteiger partial charge < -0.3 is 4.90 Å². The van der Waals surface area contributed by atoms with Gasteiger partial charge in [0.2, 0.25) is 0 Å². The average Bonchev–Trinajstić information content (AvgIpc) is 2.99. The number of aromatic nitrogens is 4. The first-order valence-corrected chi connectivity index (χ1v) is 7.96. The minimum Gasteiger partial charge on any atom is -0.337 e. The quantitative estimate of drug-likeness (QED) is 0.816. The van der Waals surface area contributed by atoms with Crippen molar-refractivity contribution in [1.29, 1.82) is 0 Å². The first-order chi connectivity index (χ1) is 11.1. The fourth-order valence-electron chi connectivity index (χ4n) is 2.91. The zero-order valence-electron chi connectivity index (χ0n) is 13.5. The predicted octanol–water partition coefficient (Wildman–Crippen LogP) is 2.24. The number of tetrazole rings is 1. The number of hydrogen-bond acceptors (Lipinski definition) is 4. The van der Waals surface area contributed by atoms with Gasteiger partial charge in [-0.3, -0.25) is 4.79 Å². The van der Waals surface area contributed by atoms with E-state index in [1.807, 2.05) is 41.3 Å². The second-order valence-corrected chi connectivity index (χ2v) is 6.08. The van der Waals surface area contributed by atoms with Crippen molar-refractivity contribution in [3.05, 3.63) is 41.7 Å². The van der Waals surface area contributed by atoms with Crippen molar-refractivity contribution in [3.63, 3.8) is 0 Å². The summed E-state index contributed by atoms with van der Waals surface area (Å²) in [6, 6.07) is 9.78. The van der Waals surface area contributed by atoms with Crippen LogP contribution in [0.2, 0.25) is 0 Å². The molecule has 0 spiro atoms. The van der Waals surface area contributed by atoms with E-state index < -0.39 is 0 Å². The van der Waals surface area contributed by atoms with Crippen LogP contribution in [0.3, 0.4) is 0 Å². The maximum atomic E-state index is 13.0. The van der Waals surface area contributed by atoms with Gasteiger partial charge in [-0.15, -0.1) is 5.10 Å². The summed E-state index contributed by atoms with van der Waals surface area (Å²) in [5, 5.41) is 11.6. The molecule has 1 saturated heterocycles. The number of carbonyl (C=O) groups excluding carboxylic acids is 1. The number of piperidine rings is 1. The van der Waals surface area contributed by atoms with E-state index in [0.29, 0.717) is 17.4 Å². The second kappa shape index (κ2) is 6.73. The Labute approximate surface area is 135 Å². The van der Waals surface area contributed by atoms with Crippen LogP contribution in [-0.2, 0) is 4.79 Å². The van der Waals surface area contributed by atoms with Gasteiger partial charge in [0.1, 0.15) is 5.70 Å². The lowest BCUT2D eigenvalue weighted by atomic mass is 10.00. The molecule has 0 N–H and O–H groups in total. The van der Waals surface area contributed by atoms with Crippen LogP contribution in [-0.4, -0.2) is 44.1 Å². The highest BCUT2D eigenvalue weighted by Crippen LogP contribution is 2.20. The van der Waals surface area contributed by atoms with E-state index in [9.17, 15) is 4.79 Å². The smallest absolute Gasteiger partial charge is 0.272 e. The van der Waals surface area contributed by atoms with Crippen LogP contribution in [0.25, 0.3) is 11.8 Å². The Hall–Kier alpha value is -2.50. The molecule has 0 aliphatic carbocycles. The van der Waals surface area contributed by atoms with E-state index in [4.69, 9.17) is 0 Å². The molecule has 0 unspecified atom stereocenters. The number of amides is 1. The number of aryl methyl sites for hydroxylation is 1. The Bertz CT molecular complexity index is 707. The third-order valence-corrected chi connectivity index (χ3v) is 4.12. The Morgan fingerprint density at radius 1 is 1.30 bits per heavy atom. The fourth-order valence-corrected chi connectivity index (χ4v) is 2.91. The number of likely N-dealkylation sites (tertiary alicyclic amines) is 1. The molecule has 1 atom stereocenters. The maximum Gasteiger partial charge on any atom is 0.272 e. The minimum absolute atomic E-state index is 0.0178. The molecule has 1 aromatic carbocycles. The van der Waals surface area contributed by atoms with Gasteiger partial charge >= 0.3 is 0 Å². The van der Waals surface area contributed by atoms with Crippen LogP contribution >= 0.6 is 0 Å². The highest BCUT2D eigenvalue weighted by molar-refractivity contribution is 6.18. The number of hydrogen-bond donors (Lipinski definition) is 0. The van der Waals surface area contributed by atoms with E-state index >= 15 is 0 Å². The molecule has 0 saturated carbocycles. The molecular weight excluding hydrogens is 290 g/mol. The summed E-state index contributed by atoms with van der Waals surface area (Å²) in [5.74, 6) is 1.11. The van der Waals surface area contributed by atoms with Crippen molar-refractivity contribution in [3.8, 4) is 0 Å². The molecule has 2 heterocycles. The lowest BCUT2D eigenvalue weighted by molar-refractivity contribution is -0.127. The summed E-state index contributed by atoms with van der Waals surface area (Å²) in [5.41, 5.74) is 1.45. The molecule has 0 radical (unpaired) electrons. The van der Waals surface area contributed by atoms with Crippen molar-refractivity contribution >= 4 is 17.7 Å². The normalized spacial score (nSPS) is 19.0. The van der Waals surface area contributed by atoms with Gasteiger partial charge in [0.05, 0.1) is 0 Å². The third kappa shape index (κ3) is 3.47. The highest BCUT2D eigenvalue weighted by Gasteiger charge is 2.26. The van der Waals surface area contributed by atoms with E-state index in [-0.39, 0.29) is 5.91 Å². The highest BCUT2D eigenvalue weighted by atomic mass is 16.2. The molecule has 6 heteroatoms. The zero-order chi connectivity index (χ0) is 16.2. The zero-order valence-corrected chi connectivity index (χ0v) is 13.5. The number of carbonyl (C=O) groups is 1. The molecule has 3 rings (SSSR count). The summed E-state index contributed by atoms with van der Waals surface area (Å²) in [7, 11) is 0. The number of nitrogens with zero attached hydrogens (tertiary/aromatic N) is 5.